The van der Waals surface area contributed by atoms with Crippen LogP contribution in [0.25, 0.3) is 10.9 Å². The van der Waals surface area contributed by atoms with E-state index in [2.05, 4.69) is 16.4 Å². The van der Waals surface area contributed by atoms with Crippen LogP contribution in [0, 0.1) is 18.3 Å². The predicted octanol–water partition coefficient (Wildman–Crippen LogP) is 1.80. The maximum Gasteiger partial charge on any atom is 0.245 e. The Morgan fingerprint density at radius 2 is 1.94 bits per heavy atom. The van der Waals surface area contributed by atoms with Gasteiger partial charge < -0.3 is 5.32 Å². The molecule has 1 saturated heterocycles. The summed E-state index contributed by atoms with van der Waals surface area (Å²) in [6, 6.07) is 9.40. The molecule has 1 aliphatic heterocycles. The molecule has 1 amide bonds. The molecule has 2 aromatic rings. The van der Waals surface area contributed by atoms with Crippen molar-refractivity contribution in [2.24, 2.45) is 0 Å². The van der Waals surface area contributed by atoms with E-state index in [9.17, 15) is 18.5 Å². The summed E-state index contributed by atoms with van der Waals surface area (Å²) in [5.41, 5.74) is 0.722. The zero-order valence-electron chi connectivity index (χ0n) is 17.7. The van der Waals surface area contributed by atoms with Crippen LogP contribution >= 0.6 is 0 Å². The Bertz CT molecular complexity index is 1130. The SMILES string of the molecule is Cc1cnc2c(S(=O)(=O)N3CCN(CC(=O)NC4(C#N)CCCC4)CC3)cccc2c1. The number of carbonyl (C=O) groups is 1. The number of para-hydroxylation sites is 1. The van der Waals surface area contributed by atoms with Crippen molar-refractivity contribution in [3.63, 3.8) is 0 Å². The van der Waals surface area contributed by atoms with E-state index >= 15 is 0 Å². The Balaban J connectivity index is 1.41. The molecule has 0 spiro atoms. The lowest BCUT2D eigenvalue weighted by molar-refractivity contribution is -0.123. The summed E-state index contributed by atoms with van der Waals surface area (Å²) in [6.07, 6.45) is 4.97. The van der Waals surface area contributed by atoms with Crippen molar-refractivity contribution in [2.75, 3.05) is 32.7 Å². The van der Waals surface area contributed by atoms with Crippen molar-refractivity contribution >= 4 is 26.8 Å². The minimum absolute atomic E-state index is 0.173. The highest BCUT2D eigenvalue weighted by molar-refractivity contribution is 7.89. The molecule has 31 heavy (non-hydrogen) atoms. The smallest absolute Gasteiger partial charge is 0.245 e. The molecule has 1 saturated carbocycles. The number of aryl methyl sites for hydroxylation is 1. The van der Waals surface area contributed by atoms with Gasteiger partial charge in [0.1, 0.15) is 10.4 Å². The number of nitriles is 1. The molecule has 4 rings (SSSR count). The Hall–Kier alpha value is -2.54. The van der Waals surface area contributed by atoms with Gasteiger partial charge in [-0.15, -0.1) is 0 Å². The van der Waals surface area contributed by atoms with E-state index in [1.165, 1.54) is 4.31 Å². The highest BCUT2D eigenvalue weighted by atomic mass is 32.2. The van der Waals surface area contributed by atoms with E-state index in [-0.39, 0.29) is 17.3 Å². The van der Waals surface area contributed by atoms with Crippen LogP contribution in [-0.4, -0.2) is 66.8 Å². The van der Waals surface area contributed by atoms with Gasteiger partial charge in [-0.25, -0.2) is 8.42 Å². The van der Waals surface area contributed by atoms with E-state index in [4.69, 9.17) is 0 Å². The van der Waals surface area contributed by atoms with Crippen molar-refractivity contribution < 1.29 is 13.2 Å². The van der Waals surface area contributed by atoms with E-state index in [0.29, 0.717) is 44.5 Å². The number of rotatable bonds is 5. The van der Waals surface area contributed by atoms with Gasteiger partial charge in [-0.2, -0.15) is 9.57 Å². The first-order chi connectivity index (χ1) is 14.8. The molecule has 164 valence electrons. The molecule has 1 aliphatic carbocycles. The third-order valence-electron chi connectivity index (χ3n) is 6.18. The number of benzene rings is 1. The fraction of sp³-hybridized carbons (Fsp3) is 0.500. The third-order valence-corrected chi connectivity index (χ3v) is 8.11. The second-order valence-electron chi connectivity index (χ2n) is 8.47. The number of nitrogens with one attached hydrogen (secondary N) is 1. The zero-order chi connectivity index (χ0) is 22.1. The van der Waals surface area contributed by atoms with Crippen LogP contribution in [0.5, 0.6) is 0 Å². The van der Waals surface area contributed by atoms with Crippen molar-refractivity contribution in [2.45, 2.75) is 43.0 Å². The molecular formula is C22H27N5O3S. The number of fused-ring (bicyclic) bond motifs is 1. The highest BCUT2D eigenvalue weighted by Crippen LogP contribution is 2.29. The minimum Gasteiger partial charge on any atom is -0.337 e. The summed E-state index contributed by atoms with van der Waals surface area (Å²) in [5.74, 6) is -0.173. The van der Waals surface area contributed by atoms with Crippen molar-refractivity contribution in [3.05, 3.63) is 36.0 Å². The summed E-state index contributed by atoms with van der Waals surface area (Å²) >= 11 is 0. The number of amides is 1. The van der Waals surface area contributed by atoms with Gasteiger partial charge in [-0.3, -0.25) is 14.7 Å². The lowest BCUT2D eigenvalue weighted by atomic mass is 10.00. The topological polar surface area (TPSA) is 106 Å². The summed E-state index contributed by atoms with van der Waals surface area (Å²) < 4.78 is 28.0. The monoisotopic (exact) mass is 441 g/mol. The maximum atomic E-state index is 13.3. The number of hydrogen-bond donors (Lipinski definition) is 1. The largest absolute Gasteiger partial charge is 0.337 e. The number of hydrogen-bond acceptors (Lipinski definition) is 6. The number of sulfonamides is 1. The fourth-order valence-corrected chi connectivity index (χ4v) is 6.06. The number of aromatic nitrogens is 1. The van der Waals surface area contributed by atoms with E-state index < -0.39 is 15.6 Å². The molecule has 9 heteroatoms. The zero-order valence-corrected chi connectivity index (χ0v) is 18.5. The Morgan fingerprint density at radius 3 is 2.61 bits per heavy atom. The summed E-state index contributed by atoms with van der Waals surface area (Å²) in [7, 11) is -3.69. The number of pyridine rings is 1. The predicted molar refractivity (Wildman–Crippen MR) is 117 cm³/mol. The van der Waals surface area contributed by atoms with Gasteiger partial charge in [-0.1, -0.05) is 12.1 Å². The quantitative estimate of drug-likeness (QED) is 0.758. The standard InChI is InChI=1S/C22H27N5O3S/c1-17-13-18-5-4-6-19(21(18)24-14-17)31(29,30)27-11-9-26(10-12-27)15-20(28)25-22(16-23)7-2-3-8-22/h4-6,13-14H,2-3,7-12,15H2,1H3,(H,25,28). The molecule has 0 radical (unpaired) electrons. The summed E-state index contributed by atoms with van der Waals surface area (Å²) in [4.78, 5) is 19.0. The Kier molecular flexibility index (Phi) is 5.97. The number of nitrogens with zero attached hydrogens (tertiary/aromatic N) is 4. The average molecular weight is 442 g/mol. The molecule has 0 bridgehead atoms. The maximum absolute atomic E-state index is 13.3. The van der Waals surface area contributed by atoms with Gasteiger partial charge >= 0.3 is 0 Å². The molecule has 1 aromatic carbocycles. The highest BCUT2D eigenvalue weighted by Gasteiger charge is 2.36. The number of piperazine rings is 1. The van der Waals surface area contributed by atoms with Crippen LogP contribution in [0.2, 0.25) is 0 Å². The molecule has 1 aromatic heterocycles. The Morgan fingerprint density at radius 1 is 1.23 bits per heavy atom. The average Bonchev–Trinajstić information content (AvgIpc) is 3.22. The van der Waals surface area contributed by atoms with Crippen molar-refractivity contribution in [1.29, 1.82) is 5.26 Å². The second-order valence-corrected chi connectivity index (χ2v) is 10.4. The van der Waals surface area contributed by atoms with E-state index in [1.807, 2.05) is 24.0 Å². The van der Waals surface area contributed by atoms with Crippen LogP contribution in [-0.2, 0) is 14.8 Å². The third kappa shape index (κ3) is 4.42. The van der Waals surface area contributed by atoms with Crippen LogP contribution in [0.1, 0.15) is 31.2 Å². The summed E-state index contributed by atoms with van der Waals surface area (Å²) in [5, 5.41) is 13.1. The lowest BCUT2D eigenvalue weighted by Gasteiger charge is -2.34. The molecule has 1 N–H and O–H groups in total. The fourth-order valence-electron chi connectivity index (χ4n) is 4.47. The van der Waals surface area contributed by atoms with E-state index in [1.54, 1.807) is 18.3 Å². The van der Waals surface area contributed by atoms with Gasteiger partial charge in [0.05, 0.1) is 18.1 Å². The van der Waals surface area contributed by atoms with Gasteiger partial charge in [0.15, 0.2) is 0 Å². The normalized spacial score (nSPS) is 19.9. The molecule has 2 aliphatic rings. The Labute approximate surface area is 182 Å². The van der Waals surface area contributed by atoms with Crippen LogP contribution < -0.4 is 5.32 Å². The summed E-state index contributed by atoms with van der Waals surface area (Å²) in [6.45, 7) is 3.64. The second kappa shape index (κ2) is 8.54. The first kappa shape index (κ1) is 21.7. The van der Waals surface area contributed by atoms with Crippen molar-refractivity contribution in [1.82, 2.24) is 19.5 Å². The van der Waals surface area contributed by atoms with Gasteiger partial charge in [0, 0.05) is 37.8 Å². The minimum atomic E-state index is -3.69. The number of carbonyl (C=O) groups excluding carboxylic acids is 1. The molecule has 2 fully saturated rings. The van der Waals surface area contributed by atoms with Crippen molar-refractivity contribution in [3.8, 4) is 6.07 Å². The van der Waals surface area contributed by atoms with Crippen LogP contribution in [0.15, 0.2) is 35.4 Å². The van der Waals surface area contributed by atoms with Gasteiger partial charge in [-0.05, 0) is 50.3 Å². The van der Waals surface area contributed by atoms with Gasteiger partial charge in [0.2, 0.25) is 15.9 Å². The molecular weight excluding hydrogens is 414 g/mol. The molecule has 8 nitrogen and oxygen atoms in total. The molecule has 0 unspecified atom stereocenters. The first-order valence-electron chi connectivity index (χ1n) is 10.6. The first-order valence-corrected chi connectivity index (χ1v) is 12.1. The molecule has 0 atom stereocenters. The van der Waals surface area contributed by atoms with Crippen LogP contribution in [0.3, 0.4) is 0 Å². The molecule has 2 heterocycles. The van der Waals surface area contributed by atoms with Gasteiger partial charge in [0.25, 0.3) is 0 Å². The lowest BCUT2D eigenvalue weighted by Crippen LogP contribution is -2.53. The van der Waals surface area contributed by atoms with Crippen LogP contribution in [0.4, 0.5) is 0 Å². The van der Waals surface area contributed by atoms with E-state index in [0.717, 1.165) is 23.8 Å².